The number of ether oxygens (including phenoxy) is 1. The second-order valence-electron chi connectivity index (χ2n) is 7.05. The number of morpholine rings is 1. The van der Waals surface area contributed by atoms with E-state index in [1.54, 1.807) is 0 Å². The van der Waals surface area contributed by atoms with E-state index >= 15 is 0 Å². The van der Waals surface area contributed by atoms with Gasteiger partial charge < -0.3 is 15.0 Å². The Kier molecular flexibility index (Phi) is 10.3. The van der Waals surface area contributed by atoms with Gasteiger partial charge in [-0.05, 0) is 31.4 Å². The number of nitrogens with one attached hydrogen (secondary N) is 1. The Balaban J connectivity index is 0.00000182. The SMILES string of the molecule is CCC[C@H]1CN(c2ccc(C)nn2)C[C@@H]1NC(=O)CN1CCOCC1.Cl.Cl. The molecule has 0 radical (unpaired) electrons. The van der Waals surface area contributed by atoms with Gasteiger partial charge in [0.05, 0.1) is 31.5 Å². The van der Waals surface area contributed by atoms with Crippen molar-refractivity contribution in [2.45, 2.75) is 32.7 Å². The van der Waals surface area contributed by atoms with E-state index in [0.29, 0.717) is 12.5 Å². The predicted octanol–water partition coefficient (Wildman–Crippen LogP) is 1.68. The van der Waals surface area contributed by atoms with Crippen LogP contribution in [0, 0.1) is 12.8 Å². The molecule has 2 saturated heterocycles. The normalized spacial score (nSPS) is 22.7. The number of amides is 1. The van der Waals surface area contributed by atoms with Crippen molar-refractivity contribution < 1.29 is 9.53 Å². The standard InChI is InChI=1S/C18H29N5O2.2ClH/c1-3-4-15-11-23(17-6-5-14(2)20-21-17)12-16(15)19-18(24)13-22-7-9-25-10-8-22;;/h5-6,15-16H,3-4,7-13H2,1-2H3,(H,19,24);2*1H/t15-,16-;;/m0../s1. The largest absolute Gasteiger partial charge is 0.379 e. The quantitative estimate of drug-likeness (QED) is 0.755. The molecule has 9 heteroatoms. The van der Waals surface area contributed by atoms with Gasteiger partial charge in [0.15, 0.2) is 5.82 Å². The summed E-state index contributed by atoms with van der Waals surface area (Å²) in [5.74, 6) is 1.48. The molecule has 0 aliphatic carbocycles. The molecule has 3 heterocycles. The predicted molar refractivity (Wildman–Crippen MR) is 111 cm³/mol. The summed E-state index contributed by atoms with van der Waals surface area (Å²) in [5, 5.41) is 11.7. The summed E-state index contributed by atoms with van der Waals surface area (Å²) in [4.78, 5) is 16.9. The van der Waals surface area contributed by atoms with Crippen LogP contribution in [-0.4, -0.2) is 73.0 Å². The van der Waals surface area contributed by atoms with Crippen LogP contribution in [0.5, 0.6) is 0 Å². The van der Waals surface area contributed by atoms with Crippen LogP contribution in [0.2, 0.25) is 0 Å². The van der Waals surface area contributed by atoms with Gasteiger partial charge in [0, 0.05) is 26.2 Å². The molecule has 2 atom stereocenters. The van der Waals surface area contributed by atoms with E-state index in [4.69, 9.17) is 4.74 Å². The van der Waals surface area contributed by atoms with Crippen molar-refractivity contribution in [3.05, 3.63) is 17.8 Å². The Bertz CT molecular complexity index is 569. The van der Waals surface area contributed by atoms with E-state index in [-0.39, 0.29) is 36.8 Å². The zero-order chi connectivity index (χ0) is 17.6. The lowest BCUT2D eigenvalue weighted by molar-refractivity contribution is -0.124. The fourth-order valence-corrected chi connectivity index (χ4v) is 3.66. The fourth-order valence-electron chi connectivity index (χ4n) is 3.66. The molecule has 0 saturated carbocycles. The lowest BCUT2D eigenvalue weighted by Crippen LogP contribution is -2.47. The highest BCUT2D eigenvalue weighted by atomic mass is 35.5. The minimum absolute atomic E-state index is 0. The monoisotopic (exact) mass is 419 g/mol. The number of aryl methyl sites for hydroxylation is 1. The number of carbonyl (C=O) groups excluding carboxylic acids is 1. The highest BCUT2D eigenvalue weighted by molar-refractivity contribution is 5.85. The van der Waals surface area contributed by atoms with Crippen molar-refractivity contribution in [3.63, 3.8) is 0 Å². The van der Waals surface area contributed by atoms with E-state index in [1.165, 1.54) is 0 Å². The van der Waals surface area contributed by atoms with Gasteiger partial charge in [0.2, 0.25) is 5.91 Å². The summed E-state index contributed by atoms with van der Waals surface area (Å²) in [6, 6.07) is 4.18. The number of anilines is 1. The first kappa shape index (κ1) is 23.9. The third kappa shape index (κ3) is 6.75. The first-order valence-electron chi connectivity index (χ1n) is 9.30. The van der Waals surface area contributed by atoms with Gasteiger partial charge in [0.25, 0.3) is 0 Å². The van der Waals surface area contributed by atoms with E-state index in [1.807, 2.05) is 19.1 Å². The molecule has 2 aliphatic heterocycles. The molecular formula is C18H31Cl2N5O2. The Hall–Kier alpha value is -1.15. The Morgan fingerprint density at radius 2 is 1.96 bits per heavy atom. The molecule has 7 nitrogen and oxygen atoms in total. The van der Waals surface area contributed by atoms with Gasteiger partial charge in [0.1, 0.15) is 0 Å². The summed E-state index contributed by atoms with van der Waals surface area (Å²) >= 11 is 0. The molecule has 2 aliphatic rings. The molecule has 0 spiro atoms. The number of hydrogen-bond donors (Lipinski definition) is 1. The molecule has 0 aromatic carbocycles. The molecular weight excluding hydrogens is 389 g/mol. The fraction of sp³-hybridized carbons (Fsp3) is 0.722. The van der Waals surface area contributed by atoms with Crippen LogP contribution in [0.4, 0.5) is 5.82 Å². The van der Waals surface area contributed by atoms with Crippen molar-refractivity contribution in [1.82, 2.24) is 20.4 Å². The third-order valence-electron chi connectivity index (χ3n) is 5.03. The average molecular weight is 420 g/mol. The van der Waals surface area contributed by atoms with Gasteiger partial charge in [-0.3, -0.25) is 9.69 Å². The highest BCUT2D eigenvalue weighted by Crippen LogP contribution is 2.25. The number of halogens is 2. The lowest BCUT2D eigenvalue weighted by atomic mass is 9.98. The Morgan fingerprint density at radius 1 is 1.22 bits per heavy atom. The zero-order valence-corrected chi connectivity index (χ0v) is 17.7. The minimum Gasteiger partial charge on any atom is -0.379 e. The topological polar surface area (TPSA) is 70.6 Å². The molecule has 3 rings (SSSR count). The van der Waals surface area contributed by atoms with Gasteiger partial charge in [-0.1, -0.05) is 13.3 Å². The van der Waals surface area contributed by atoms with Crippen LogP contribution < -0.4 is 10.2 Å². The number of rotatable bonds is 6. The molecule has 0 unspecified atom stereocenters. The maximum absolute atomic E-state index is 12.5. The van der Waals surface area contributed by atoms with E-state index in [0.717, 1.165) is 63.7 Å². The van der Waals surface area contributed by atoms with Crippen molar-refractivity contribution in [2.24, 2.45) is 5.92 Å². The second kappa shape index (κ2) is 11.6. The van der Waals surface area contributed by atoms with Crippen LogP contribution >= 0.6 is 24.8 Å². The number of hydrogen-bond acceptors (Lipinski definition) is 6. The Morgan fingerprint density at radius 3 is 2.59 bits per heavy atom. The maximum atomic E-state index is 12.5. The molecule has 1 amide bonds. The molecule has 1 aromatic heterocycles. The van der Waals surface area contributed by atoms with Crippen molar-refractivity contribution in [3.8, 4) is 0 Å². The summed E-state index contributed by atoms with van der Waals surface area (Å²) in [6.07, 6.45) is 2.23. The van der Waals surface area contributed by atoms with Gasteiger partial charge in [-0.25, -0.2) is 0 Å². The van der Waals surface area contributed by atoms with E-state index in [2.05, 4.69) is 32.2 Å². The molecule has 154 valence electrons. The maximum Gasteiger partial charge on any atom is 0.234 e. The van der Waals surface area contributed by atoms with Crippen LogP contribution in [0.1, 0.15) is 25.5 Å². The molecule has 27 heavy (non-hydrogen) atoms. The van der Waals surface area contributed by atoms with E-state index < -0.39 is 0 Å². The van der Waals surface area contributed by atoms with E-state index in [9.17, 15) is 4.79 Å². The highest BCUT2D eigenvalue weighted by Gasteiger charge is 2.34. The smallest absolute Gasteiger partial charge is 0.234 e. The lowest BCUT2D eigenvalue weighted by Gasteiger charge is -2.27. The molecule has 1 aromatic rings. The summed E-state index contributed by atoms with van der Waals surface area (Å²) < 4.78 is 5.34. The summed E-state index contributed by atoms with van der Waals surface area (Å²) in [7, 11) is 0. The summed E-state index contributed by atoms with van der Waals surface area (Å²) in [6.45, 7) is 9.43. The molecule has 0 bridgehead atoms. The first-order valence-corrected chi connectivity index (χ1v) is 9.30. The average Bonchev–Trinajstić information content (AvgIpc) is 2.99. The summed E-state index contributed by atoms with van der Waals surface area (Å²) in [5.41, 5.74) is 0.920. The molecule has 2 fully saturated rings. The van der Waals surface area contributed by atoms with Gasteiger partial charge in [-0.2, -0.15) is 5.10 Å². The molecule has 1 N–H and O–H groups in total. The van der Waals surface area contributed by atoms with Crippen molar-refractivity contribution in [2.75, 3.05) is 50.8 Å². The number of aromatic nitrogens is 2. The Labute approximate surface area is 174 Å². The van der Waals surface area contributed by atoms with Crippen LogP contribution in [0.25, 0.3) is 0 Å². The van der Waals surface area contributed by atoms with Gasteiger partial charge >= 0.3 is 0 Å². The van der Waals surface area contributed by atoms with Crippen molar-refractivity contribution in [1.29, 1.82) is 0 Å². The second-order valence-corrected chi connectivity index (χ2v) is 7.05. The number of nitrogens with zero attached hydrogens (tertiary/aromatic N) is 4. The van der Waals surface area contributed by atoms with Crippen molar-refractivity contribution >= 4 is 36.5 Å². The zero-order valence-electron chi connectivity index (χ0n) is 16.1. The minimum atomic E-state index is 0. The van der Waals surface area contributed by atoms with Crippen LogP contribution in [0.3, 0.4) is 0 Å². The third-order valence-corrected chi connectivity index (χ3v) is 5.03. The number of carbonyl (C=O) groups is 1. The van der Waals surface area contributed by atoms with Gasteiger partial charge in [-0.15, -0.1) is 29.9 Å². The van der Waals surface area contributed by atoms with Crippen LogP contribution in [0.15, 0.2) is 12.1 Å². The van der Waals surface area contributed by atoms with Crippen LogP contribution in [-0.2, 0) is 9.53 Å². The first-order chi connectivity index (χ1) is 12.2.